The van der Waals surface area contributed by atoms with Crippen LogP contribution in [0.15, 0.2) is 113 Å². The Kier molecular flexibility index (Phi) is 9.62. The fraction of sp³-hybridized carbons (Fsp3) is 0.326. The van der Waals surface area contributed by atoms with Crippen LogP contribution in [0.5, 0.6) is 5.88 Å². The number of benzene rings is 4. The Morgan fingerprint density at radius 3 is 2.05 bits per heavy atom. The van der Waals surface area contributed by atoms with Gasteiger partial charge in [0.05, 0.1) is 25.4 Å². The van der Waals surface area contributed by atoms with Gasteiger partial charge in [-0.25, -0.2) is 23.2 Å². The van der Waals surface area contributed by atoms with Crippen LogP contribution in [0.3, 0.4) is 0 Å². The molecule has 3 N–H and O–H groups in total. The van der Waals surface area contributed by atoms with Crippen LogP contribution in [0.4, 0.5) is 15.3 Å². The van der Waals surface area contributed by atoms with Gasteiger partial charge in [-0.05, 0) is 76.5 Å². The molecule has 4 aromatic carbocycles. The molecular formula is C43H46N6O5S. The predicted octanol–water partition coefficient (Wildman–Crippen LogP) is 7.56. The van der Waals surface area contributed by atoms with E-state index in [1.807, 2.05) is 112 Å². The summed E-state index contributed by atoms with van der Waals surface area (Å²) in [5, 5.41) is 10.6. The third-order valence-electron chi connectivity index (χ3n) is 10.4. The van der Waals surface area contributed by atoms with Crippen molar-refractivity contribution in [2.45, 2.75) is 75.9 Å². The molecule has 0 saturated carbocycles. The zero-order chi connectivity index (χ0) is 38.2. The maximum absolute atomic E-state index is 16.1. The predicted molar refractivity (Wildman–Crippen MR) is 212 cm³/mol. The molecule has 0 saturated heterocycles. The van der Waals surface area contributed by atoms with Crippen molar-refractivity contribution in [3.63, 3.8) is 0 Å². The second-order valence-electron chi connectivity index (χ2n) is 15.6. The minimum Gasteiger partial charge on any atom is -0.475 e. The highest BCUT2D eigenvalue weighted by Gasteiger charge is 2.41. The molecule has 3 amide bonds. The largest absolute Gasteiger partial charge is 0.475 e. The third kappa shape index (κ3) is 7.18. The first kappa shape index (κ1) is 36.4. The minimum absolute atomic E-state index is 0.0640. The molecule has 55 heavy (non-hydrogen) atoms. The number of amides is 3. The number of aryl methyl sites for hydroxylation is 2. The van der Waals surface area contributed by atoms with Crippen LogP contribution >= 0.6 is 0 Å². The number of anilines is 1. The van der Waals surface area contributed by atoms with E-state index in [4.69, 9.17) is 13.8 Å². The Balaban J connectivity index is 1.25. The standard InChI is InChI=1S/C43H46N6O5S/c1-42(2,3)28-54-41(51)45-34-26-49-39(53-27-34)37(25-44-49)55(52,47-40(50)46-38-35-21-13-14-29(35)24-30-22-23-36(30)38)48-43(31-15-7-4-8-16-31,32-17-9-5-10-18-32)33-19-11-6-12-20-33/h4-12,15-20,24-25,34H,13-14,21-23,26-28H2,1-3H3,(H,45,51)(H2,46,47,48,50,52)/t34-,55?/m0/s1. The lowest BCUT2D eigenvalue weighted by molar-refractivity contribution is 0.0944. The van der Waals surface area contributed by atoms with Crippen LogP contribution < -0.4 is 20.1 Å². The molecule has 5 aromatic rings. The molecule has 3 aliphatic rings. The summed E-state index contributed by atoms with van der Waals surface area (Å²) >= 11 is 0. The quantitative estimate of drug-likeness (QED) is 0.133. The van der Waals surface area contributed by atoms with Gasteiger partial charge in [-0.15, -0.1) is 0 Å². The van der Waals surface area contributed by atoms with Crippen LogP contribution in [0.2, 0.25) is 0 Å². The highest BCUT2D eigenvalue weighted by molar-refractivity contribution is 7.92. The smallest absolute Gasteiger partial charge is 0.407 e. The number of urea groups is 1. The number of carbonyl (C=O) groups excluding carboxylic acids is 2. The molecule has 11 nitrogen and oxygen atoms in total. The molecule has 284 valence electrons. The zero-order valence-corrected chi connectivity index (χ0v) is 32.2. The van der Waals surface area contributed by atoms with Crippen molar-refractivity contribution in [3.8, 4) is 5.88 Å². The number of carbonyl (C=O) groups is 2. The minimum atomic E-state index is -3.93. The lowest BCUT2D eigenvalue weighted by Gasteiger charge is -2.33. The second kappa shape index (κ2) is 14.6. The van der Waals surface area contributed by atoms with Crippen molar-refractivity contribution in [1.29, 1.82) is 0 Å². The molecule has 1 aromatic heterocycles. The summed E-state index contributed by atoms with van der Waals surface area (Å²) in [5.41, 5.74) is 6.34. The average Bonchev–Trinajstić information content (AvgIpc) is 3.83. The molecule has 1 aliphatic heterocycles. The topological polar surface area (TPSA) is 136 Å². The summed E-state index contributed by atoms with van der Waals surface area (Å²) in [4.78, 5) is 27.2. The zero-order valence-electron chi connectivity index (χ0n) is 31.3. The van der Waals surface area contributed by atoms with E-state index in [-0.39, 0.29) is 35.9 Å². The van der Waals surface area contributed by atoms with E-state index in [0.29, 0.717) is 0 Å². The van der Waals surface area contributed by atoms with Crippen molar-refractivity contribution < 1.29 is 23.3 Å². The lowest BCUT2D eigenvalue weighted by atomic mass is 9.78. The van der Waals surface area contributed by atoms with Gasteiger partial charge < -0.3 is 20.1 Å². The Labute approximate surface area is 322 Å². The normalized spacial score (nSPS) is 16.9. The fourth-order valence-electron chi connectivity index (χ4n) is 7.72. The van der Waals surface area contributed by atoms with E-state index in [9.17, 15) is 9.59 Å². The van der Waals surface area contributed by atoms with Crippen molar-refractivity contribution in [1.82, 2.24) is 19.8 Å². The van der Waals surface area contributed by atoms with Gasteiger partial charge in [-0.1, -0.05) is 118 Å². The number of hydrogen-bond acceptors (Lipinski definition) is 7. The van der Waals surface area contributed by atoms with E-state index >= 15 is 4.21 Å². The van der Waals surface area contributed by atoms with Crippen LogP contribution in [0.25, 0.3) is 0 Å². The Bertz CT molecular complexity index is 2250. The van der Waals surface area contributed by atoms with Gasteiger partial charge in [0.2, 0.25) is 5.88 Å². The van der Waals surface area contributed by atoms with Crippen molar-refractivity contribution in [2.75, 3.05) is 18.5 Å². The van der Waals surface area contributed by atoms with Crippen LogP contribution in [0, 0.1) is 5.41 Å². The summed E-state index contributed by atoms with van der Waals surface area (Å²) in [6.45, 7) is 6.50. The van der Waals surface area contributed by atoms with Crippen molar-refractivity contribution >= 4 is 27.7 Å². The van der Waals surface area contributed by atoms with Crippen LogP contribution in [-0.4, -0.2) is 45.4 Å². The van der Waals surface area contributed by atoms with Gasteiger partial charge in [0.1, 0.15) is 17.0 Å². The molecule has 0 bridgehead atoms. The number of fused-ring (bicyclic) bond motifs is 3. The fourth-order valence-corrected chi connectivity index (χ4v) is 9.57. The van der Waals surface area contributed by atoms with Gasteiger partial charge in [0.15, 0.2) is 9.92 Å². The Morgan fingerprint density at radius 1 is 0.873 bits per heavy atom. The SMILES string of the molecule is CC(C)(C)COC(=O)N[C@@H]1COc2c(S(=O)(=NC(c3ccccc3)(c3ccccc3)c3ccccc3)NC(=O)Nc3c4c(cc5c3CC5)CCC4)cnn2C1. The molecule has 0 spiro atoms. The molecule has 2 heterocycles. The number of aromatic nitrogens is 2. The summed E-state index contributed by atoms with van der Waals surface area (Å²) in [6, 6.07) is 30.2. The molecule has 1 unspecified atom stereocenters. The summed E-state index contributed by atoms with van der Waals surface area (Å²) in [6.07, 6.45) is 5.62. The van der Waals surface area contributed by atoms with Crippen molar-refractivity contribution in [2.24, 2.45) is 9.78 Å². The molecule has 2 atom stereocenters. The molecule has 0 radical (unpaired) electrons. The average molecular weight is 759 g/mol. The lowest BCUT2D eigenvalue weighted by Crippen LogP contribution is -2.45. The molecular weight excluding hydrogens is 713 g/mol. The number of alkyl carbamates (subject to hydrolysis) is 1. The molecule has 0 fully saturated rings. The van der Waals surface area contributed by atoms with Gasteiger partial charge >= 0.3 is 12.1 Å². The highest BCUT2D eigenvalue weighted by Crippen LogP contribution is 2.44. The van der Waals surface area contributed by atoms with E-state index in [2.05, 4.69) is 26.5 Å². The maximum atomic E-state index is 16.1. The summed E-state index contributed by atoms with van der Waals surface area (Å²) in [7, 11) is -3.93. The van der Waals surface area contributed by atoms with Gasteiger partial charge in [-0.2, -0.15) is 9.46 Å². The first-order valence-electron chi connectivity index (χ1n) is 18.8. The highest BCUT2D eigenvalue weighted by atomic mass is 32.2. The first-order chi connectivity index (χ1) is 26.5. The number of nitrogens with zero attached hydrogens (tertiary/aromatic N) is 3. The van der Waals surface area contributed by atoms with Crippen LogP contribution in [-0.2, 0) is 52.4 Å². The van der Waals surface area contributed by atoms with E-state index in [1.165, 1.54) is 17.3 Å². The molecule has 2 aliphatic carbocycles. The third-order valence-corrected chi connectivity index (χ3v) is 12.3. The Hall–Kier alpha value is -5.62. The number of nitrogens with one attached hydrogen (secondary N) is 3. The first-order valence-corrected chi connectivity index (χ1v) is 20.4. The van der Waals surface area contributed by atoms with Crippen LogP contribution in [0.1, 0.15) is 66.1 Å². The van der Waals surface area contributed by atoms with Gasteiger partial charge in [-0.3, -0.25) is 0 Å². The van der Waals surface area contributed by atoms with E-state index < -0.39 is 33.6 Å². The molecule has 8 rings (SSSR count). The Morgan fingerprint density at radius 2 is 1.47 bits per heavy atom. The second-order valence-corrected chi connectivity index (χ2v) is 17.5. The van der Waals surface area contributed by atoms with E-state index in [0.717, 1.165) is 65.6 Å². The molecule has 12 heteroatoms. The number of ether oxygens (including phenoxy) is 2. The van der Waals surface area contributed by atoms with Crippen molar-refractivity contribution in [3.05, 3.63) is 142 Å². The monoisotopic (exact) mass is 758 g/mol. The van der Waals surface area contributed by atoms with Gasteiger partial charge in [0, 0.05) is 5.69 Å². The number of rotatable bonds is 9. The summed E-state index contributed by atoms with van der Waals surface area (Å²) in [5.74, 6) is 0.197. The summed E-state index contributed by atoms with van der Waals surface area (Å²) < 4.78 is 37.6. The maximum Gasteiger partial charge on any atom is 0.407 e. The number of hydrogen-bond donors (Lipinski definition) is 3. The van der Waals surface area contributed by atoms with E-state index in [1.54, 1.807) is 4.68 Å². The van der Waals surface area contributed by atoms with Gasteiger partial charge in [0.25, 0.3) is 0 Å².